The van der Waals surface area contributed by atoms with E-state index >= 15 is 0 Å². The second-order valence-corrected chi connectivity index (χ2v) is 5.25. The van der Waals surface area contributed by atoms with Crippen LogP contribution in [0.3, 0.4) is 0 Å². The average Bonchev–Trinajstić information content (AvgIpc) is 2.49. The molecule has 0 saturated carbocycles. The Bertz CT molecular complexity index is 409. The van der Waals surface area contributed by atoms with Gasteiger partial charge in [0.05, 0.1) is 0 Å². The van der Waals surface area contributed by atoms with Crippen molar-refractivity contribution in [3.63, 3.8) is 0 Å². The minimum absolute atomic E-state index is 0.165. The van der Waals surface area contributed by atoms with Gasteiger partial charge >= 0.3 is 0 Å². The molecule has 0 radical (unpaired) electrons. The highest BCUT2D eigenvalue weighted by molar-refractivity contribution is 5.75. The third-order valence-electron chi connectivity index (χ3n) is 3.44. The van der Waals surface area contributed by atoms with E-state index in [1.54, 1.807) is 0 Å². The van der Waals surface area contributed by atoms with Gasteiger partial charge in [-0.1, -0.05) is 31.2 Å². The highest BCUT2D eigenvalue weighted by Gasteiger charge is 2.05. The first-order chi connectivity index (χ1) is 10.2. The van der Waals surface area contributed by atoms with Crippen LogP contribution in [-0.2, 0) is 13.0 Å². The first-order valence-corrected chi connectivity index (χ1v) is 7.71. The highest BCUT2D eigenvalue weighted by atomic mass is 15.1. The van der Waals surface area contributed by atoms with E-state index in [0.29, 0.717) is 6.54 Å². The molecule has 0 aliphatic rings. The van der Waals surface area contributed by atoms with E-state index in [1.165, 1.54) is 11.1 Å². The fourth-order valence-electron chi connectivity index (χ4n) is 2.23. The van der Waals surface area contributed by atoms with Crippen LogP contribution in [0.1, 0.15) is 30.9 Å². The number of rotatable bonds is 10. The molecule has 0 fully saturated rings. The predicted molar refractivity (Wildman–Crippen MR) is 90.1 cm³/mol. The fourth-order valence-corrected chi connectivity index (χ4v) is 2.23. The van der Waals surface area contributed by atoms with E-state index in [0.717, 1.165) is 45.4 Å². The number of hydrogen-bond donors (Lipinski definition) is 3. The van der Waals surface area contributed by atoms with Crippen LogP contribution in [0.15, 0.2) is 29.3 Å². The van der Waals surface area contributed by atoms with Crippen LogP contribution in [0, 0.1) is 0 Å². The van der Waals surface area contributed by atoms with E-state index in [9.17, 15) is 0 Å². The molecule has 118 valence electrons. The van der Waals surface area contributed by atoms with Crippen molar-refractivity contribution < 1.29 is 0 Å². The van der Waals surface area contributed by atoms with E-state index in [1.807, 2.05) is 0 Å². The Morgan fingerprint density at radius 3 is 2.24 bits per heavy atom. The summed E-state index contributed by atoms with van der Waals surface area (Å²) in [6.07, 6.45) is 3.04. The molecule has 1 aromatic rings. The van der Waals surface area contributed by atoms with Gasteiger partial charge in [0.2, 0.25) is 0 Å². The van der Waals surface area contributed by atoms with Crippen LogP contribution in [0.25, 0.3) is 0 Å². The monoisotopic (exact) mass is 291 g/mol. The summed E-state index contributed by atoms with van der Waals surface area (Å²) >= 11 is 0. The molecule has 6 N–H and O–H groups in total. The molecule has 0 heterocycles. The van der Waals surface area contributed by atoms with Crippen molar-refractivity contribution in [2.24, 2.45) is 22.2 Å². The van der Waals surface area contributed by atoms with Gasteiger partial charge in [-0.3, -0.25) is 9.89 Å². The number of aryl methyl sites for hydroxylation is 1. The Balaban J connectivity index is 2.49. The molecule has 5 nitrogen and oxygen atoms in total. The standard InChI is InChI=1S/C16H29N5/c1-2-14-5-7-15(8-6-14)13-21(11-3-9-17)12-4-10-20-16(18)19/h5-8H,2-4,9-13,17H2,1H3,(H4,18,19,20). The molecule has 0 unspecified atom stereocenters. The number of hydrogen-bond acceptors (Lipinski definition) is 3. The Kier molecular flexibility index (Phi) is 8.47. The molecule has 0 aromatic heterocycles. The van der Waals surface area contributed by atoms with E-state index < -0.39 is 0 Å². The fraction of sp³-hybridized carbons (Fsp3) is 0.562. The van der Waals surface area contributed by atoms with Gasteiger partial charge in [0.25, 0.3) is 0 Å². The SMILES string of the molecule is CCc1ccc(CN(CCCN)CCCN=C(N)N)cc1. The summed E-state index contributed by atoms with van der Waals surface area (Å²) in [5, 5.41) is 0. The summed E-state index contributed by atoms with van der Waals surface area (Å²) in [4.78, 5) is 6.44. The number of nitrogens with two attached hydrogens (primary N) is 3. The van der Waals surface area contributed by atoms with Gasteiger partial charge in [-0.25, -0.2) is 0 Å². The second-order valence-electron chi connectivity index (χ2n) is 5.25. The molecule has 1 aromatic carbocycles. The van der Waals surface area contributed by atoms with Gasteiger partial charge in [0.15, 0.2) is 5.96 Å². The van der Waals surface area contributed by atoms with Crippen molar-refractivity contribution in [2.75, 3.05) is 26.2 Å². The van der Waals surface area contributed by atoms with Crippen molar-refractivity contribution in [1.29, 1.82) is 0 Å². The van der Waals surface area contributed by atoms with E-state index in [4.69, 9.17) is 17.2 Å². The molecule has 0 aliphatic heterocycles. The number of benzene rings is 1. The maximum absolute atomic E-state index is 5.62. The van der Waals surface area contributed by atoms with Crippen molar-refractivity contribution in [3.05, 3.63) is 35.4 Å². The molecule has 0 spiro atoms. The van der Waals surface area contributed by atoms with E-state index in [2.05, 4.69) is 41.1 Å². The Morgan fingerprint density at radius 2 is 1.67 bits per heavy atom. The quantitative estimate of drug-likeness (QED) is 0.341. The predicted octanol–water partition coefficient (Wildman–Crippen LogP) is 1.06. The van der Waals surface area contributed by atoms with Crippen LogP contribution in [0.5, 0.6) is 0 Å². The third-order valence-corrected chi connectivity index (χ3v) is 3.44. The molecule has 0 atom stereocenters. The van der Waals surface area contributed by atoms with Gasteiger partial charge in [0, 0.05) is 19.6 Å². The minimum atomic E-state index is 0.165. The summed E-state index contributed by atoms with van der Waals surface area (Å²) in [5.41, 5.74) is 19.0. The zero-order valence-corrected chi connectivity index (χ0v) is 13.1. The lowest BCUT2D eigenvalue weighted by molar-refractivity contribution is 0.262. The number of guanidine groups is 1. The molecule has 21 heavy (non-hydrogen) atoms. The summed E-state index contributed by atoms with van der Waals surface area (Å²) in [7, 11) is 0. The van der Waals surface area contributed by atoms with Crippen LogP contribution in [-0.4, -0.2) is 37.0 Å². The maximum Gasteiger partial charge on any atom is 0.185 e. The maximum atomic E-state index is 5.62. The van der Waals surface area contributed by atoms with Crippen LogP contribution < -0.4 is 17.2 Å². The lowest BCUT2D eigenvalue weighted by Gasteiger charge is -2.22. The van der Waals surface area contributed by atoms with Crippen LogP contribution in [0.4, 0.5) is 0 Å². The molecule has 5 heteroatoms. The first-order valence-electron chi connectivity index (χ1n) is 7.71. The minimum Gasteiger partial charge on any atom is -0.370 e. The first kappa shape index (κ1) is 17.5. The Hall–Kier alpha value is -1.59. The smallest absolute Gasteiger partial charge is 0.185 e. The molecule has 0 bridgehead atoms. The van der Waals surface area contributed by atoms with Gasteiger partial charge in [-0.15, -0.1) is 0 Å². The molecule has 0 saturated heterocycles. The largest absolute Gasteiger partial charge is 0.370 e. The summed E-state index contributed by atoms with van der Waals surface area (Å²) < 4.78 is 0. The lowest BCUT2D eigenvalue weighted by atomic mass is 10.1. The molecular formula is C16H29N5. The molecule has 1 rings (SSSR count). The zero-order chi connectivity index (χ0) is 15.5. The lowest BCUT2D eigenvalue weighted by Crippen LogP contribution is -2.28. The third kappa shape index (κ3) is 7.68. The van der Waals surface area contributed by atoms with Crippen molar-refractivity contribution in [1.82, 2.24) is 4.90 Å². The van der Waals surface area contributed by atoms with Gasteiger partial charge < -0.3 is 17.2 Å². The normalized spacial score (nSPS) is 10.8. The number of aliphatic imine (C=N–C) groups is 1. The Labute approximate surface area is 128 Å². The zero-order valence-electron chi connectivity index (χ0n) is 13.1. The van der Waals surface area contributed by atoms with Crippen molar-refractivity contribution >= 4 is 5.96 Å². The molecule has 0 aliphatic carbocycles. The van der Waals surface area contributed by atoms with Gasteiger partial charge in [0.1, 0.15) is 0 Å². The average molecular weight is 291 g/mol. The van der Waals surface area contributed by atoms with Crippen molar-refractivity contribution in [3.8, 4) is 0 Å². The molecular weight excluding hydrogens is 262 g/mol. The van der Waals surface area contributed by atoms with Crippen LogP contribution in [0.2, 0.25) is 0 Å². The summed E-state index contributed by atoms with van der Waals surface area (Å²) in [6.45, 7) is 6.51. The topological polar surface area (TPSA) is 93.7 Å². The van der Waals surface area contributed by atoms with Gasteiger partial charge in [-0.05, 0) is 43.5 Å². The highest BCUT2D eigenvalue weighted by Crippen LogP contribution is 2.09. The molecule has 0 amide bonds. The second kappa shape index (κ2) is 10.2. The van der Waals surface area contributed by atoms with Gasteiger partial charge in [-0.2, -0.15) is 0 Å². The van der Waals surface area contributed by atoms with Crippen LogP contribution >= 0.6 is 0 Å². The Morgan fingerprint density at radius 1 is 1.05 bits per heavy atom. The summed E-state index contributed by atoms with van der Waals surface area (Å²) in [5.74, 6) is 0.165. The van der Waals surface area contributed by atoms with E-state index in [-0.39, 0.29) is 5.96 Å². The van der Waals surface area contributed by atoms with Crippen molar-refractivity contribution in [2.45, 2.75) is 32.7 Å². The number of nitrogens with zero attached hydrogens (tertiary/aromatic N) is 2. The summed E-state index contributed by atoms with van der Waals surface area (Å²) in [6, 6.07) is 8.83.